The first-order valence-corrected chi connectivity index (χ1v) is 15.0. The molecule has 0 aromatic heterocycles. The van der Waals surface area contributed by atoms with Gasteiger partial charge in [-0.15, -0.1) is 0 Å². The number of allylic oxidation sites excluding steroid dienone is 3. The Morgan fingerprint density at radius 3 is 2.28 bits per heavy atom. The zero-order valence-electron chi connectivity index (χ0n) is 23.6. The van der Waals surface area contributed by atoms with E-state index in [-0.39, 0.29) is 34.5 Å². The molecule has 2 aromatic rings. The summed E-state index contributed by atoms with van der Waals surface area (Å²) in [5.74, 6) is 1.91. The van der Waals surface area contributed by atoms with Crippen molar-refractivity contribution in [1.82, 2.24) is 10.2 Å². The molecule has 1 N–H and O–H groups in total. The highest BCUT2D eigenvalue weighted by molar-refractivity contribution is 6.01. The number of nitrogens with zero attached hydrogens (tertiary/aromatic N) is 1. The Labute approximate surface area is 233 Å². The van der Waals surface area contributed by atoms with Crippen LogP contribution in [0.3, 0.4) is 0 Å². The van der Waals surface area contributed by atoms with Crippen LogP contribution in [0.1, 0.15) is 70.0 Å². The van der Waals surface area contributed by atoms with Crippen LogP contribution in [0, 0.1) is 34.5 Å². The molecule has 4 aliphatic rings. The zero-order chi connectivity index (χ0) is 27.2. The van der Waals surface area contributed by atoms with Gasteiger partial charge in [-0.1, -0.05) is 87.5 Å². The van der Waals surface area contributed by atoms with Gasteiger partial charge in [0.25, 0.3) is 0 Å². The van der Waals surface area contributed by atoms with Gasteiger partial charge in [-0.2, -0.15) is 0 Å². The molecule has 3 fully saturated rings. The van der Waals surface area contributed by atoms with Crippen LogP contribution in [0.5, 0.6) is 0 Å². The fraction of sp³-hybridized carbons (Fsp3) is 0.486. The number of ketones is 1. The van der Waals surface area contributed by atoms with Crippen molar-refractivity contribution in [1.29, 1.82) is 0 Å². The van der Waals surface area contributed by atoms with E-state index in [2.05, 4.69) is 61.3 Å². The standard InChI is InChI=1S/C35H42N2O2/c1-4-21-37-23-27-28-15-16-30(34(28,2)20-18-29(27)35(3)19-17-26(38)22-31(35)37)33(39)36-32(24-11-7-5-8-12-24)25-13-9-6-10-14-25/h5-14,17,19,22,27-30,32H,4,15-16,18,20-21,23H2,1-3H3,(H,36,39)/t27-,28-,29-,30+,34-,35+/m0/s1. The normalized spacial score (nSPS) is 33.3. The van der Waals surface area contributed by atoms with Crippen molar-refractivity contribution in [3.05, 3.63) is 95.7 Å². The molecule has 1 heterocycles. The molecule has 6 atom stereocenters. The quantitative estimate of drug-likeness (QED) is 0.459. The van der Waals surface area contributed by atoms with Crippen LogP contribution in [0.15, 0.2) is 84.6 Å². The van der Waals surface area contributed by atoms with E-state index < -0.39 is 0 Å². The van der Waals surface area contributed by atoms with Gasteiger partial charge in [0.05, 0.1) is 6.04 Å². The summed E-state index contributed by atoms with van der Waals surface area (Å²) in [5.41, 5.74) is 3.36. The first kappa shape index (κ1) is 26.1. The summed E-state index contributed by atoms with van der Waals surface area (Å²) in [6, 6.07) is 20.5. The predicted molar refractivity (Wildman–Crippen MR) is 156 cm³/mol. The lowest BCUT2D eigenvalue weighted by molar-refractivity contribution is -0.133. The highest BCUT2D eigenvalue weighted by atomic mass is 16.2. The Hall–Kier alpha value is -3.14. The molecular weight excluding hydrogens is 480 g/mol. The molecule has 1 saturated heterocycles. The molecule has 4 heteroatoms. The minimum atomic E-state index is -0.148. The fourth-order valence-corrected chi connectivity index (χ4v) is 8.87. The van der Waals surface area contributed by atoms with Crippen LogP contribution in [0.4, 0.5) is 0 Å². The first-order valence-electron chi connectivity index (χ1n) is 15.0. The van der Waals surface area contributed by atoms with Crippen LogP contribution < -0.4 is 5.32 Å². The molecular formula is C35H42N2O2. The van der Waals surface area contributed by atoms with Gasteiger partial charge in [0.2, 0.25) is 5.91 Å². The molecule has 1 aliphatic heterocycles. The third-order valence-corrected chi connectivity index (χ3v) is 10.8. The maximum Gasteiger partial charge on any atom is 0.224 e. The maximum absolute atomic E-state index is 14.1. The van der Waals surface area contributed by atoms with Crippen molar-refractivity contribution in [3.8, 4) is 0 Å². The van der Waals surface area contributed by atoms with Gasteiger partial charge >= 0.3 is 0 Å². The van der Waals surface area contributed by atoms with E-state index in [9.17, 15) is 9.59 Å². The van der Waals surface area contributed by atoms with Gasteiger partial charge in [-0.3, -0.25) is 9.59 Å². The number of benzene rings is 2. The number of piperidine rings is 1. The Bertz CT molecular complexity index is 1240. The number of hydrogen-bond acceptors (Lipinski definition) is 3. The number of hydrogen-bond donors (Lipinski definition) is 1. The number of carbonyl (C=O) groups is 2. The average Bonchev–Trinajstić information content (AvgIpc) is 3.31. The minimum Gasteiger partial charge on any atom is -0.374 e. The average molecular weight is 523 g/mol. The van der Waals surface area contributed by atoms with Crippen LogP contribution in [0.25, 0.3) is 0 Å². The maximum atomic E-state index is 14.1. The summed E-state index contributed by atoms with van der Waals surface area (Å²) >= 11 is 0. The SMILES string of the molecule is CCCN1C[C@H]2[C@@H]3CC[C@H](C(=O)NC(c4ccccc4)c4ccccc4)[C@@]3(C)CC[C@@H]2[C@@]2(C)C=CC(=O)C=C12. The van der Waals surface area contributed by atoms with Crippen LogP contribution in [-0.4, -0.2) is 29.7 Å². The van der Waals surface area contributed by atoms with Crippen LogP contribution >= 0.6 is 0 Å². The third-order valence-electron chi connectivity index (χ3n) is 10.8. The largest absolute Gasteiger partial charge is 0.374 e. The van der Waals surface area contributed by atoms with E-state index in [1.807, 2.05) is 42.5 Å². The Kier molecular flexibility index (Phi) is 6.77. The minimum absolute atomic E-state index is 0.00710. The van der Waals surface area contributed by atoms with Gasteiger partial charge in [-0.25, -0.2) is 0 Å². The van der Waals surface area contributed by atoms with Gasteiger partial charge in [-0.05, 0) is 72.5 Å². The van der Waals surface area contributed by atoms with Crippen molar-refractivity contribution in [2.45, 2.75) is 58.9 Å². The molecule has 0 radical (unpaired) electrons. The Morgan fingerprint density at radius 2 is 1.64 bits per heavy atom. The molecule has 0 bridgehead atoms. The summed E-state index contributed by atoms with van der Waals surface area (Å²) < 4.78 is 0. The molecule has 1 amide bonds. The van der Waals surface area contributed by atoms with Gasteiger partial charge < -0.3 is 10.2 Å². The molecule has 2 saturated carbocycles. The third kappa shape index (κ3) is 4.37. The first-order chi connectivity index (χ1) is 18.8. The molecule has 204 valence electrons. The Balaban J connectivity index is 1.27. The monoisotopic (exact) mass is 522 g/mol. The van der Waals surface area contributed by atoms with Crippen LogP contribution in [-0.2, 0) is 9.59 Å². The number of fused-ring (bicyclic) bond motifs is 5. The fourth-order valence-electron chi connectivity index (χ4n) is 8.87. The number of carbonyl (C=O) groups excluding carboxylic acids is 2. The second-order valence-corrected chi connectivity index (χ2v) is 12.8. The smallest absolute Gasteiger partial charge is 0.224 e. The lowest BCUT2D eigenvalue weighted by atomic mass is 9.50. The summed E-state index contributed by atoms with van der Waals surface area (Å²) in [5, 5.41) is 3.50. The van der Waals surface area contributed by atoms with Gasteiger partial charge in [0, 0.05) is 36.2 Å². The second kappa shape index (κ2) is 10.1. The van der Waals surface area contributed by atoms with E-state index in [0.29, 0.717) is 17.8 Å². The lowest BCUT2D eigenvalue weighted by Crippen LogP contribution is -2.57. The molecule has 3 aliphatic carbocycles. The van der Waals surface area contributed by atoms with Crippen LogP contribution in [0.2, 0.25) is 0 Å². The summed E-state index contributed by atoms with van der Waals surface area (Å²) in [7, 11) is 0. The predicted octanol–water partition coefficient (Wildman–Crippen LogP) is 6.71. The summed E-state index contributed by atoms with van der Waals surface area (Å²) in [4.78, 5) is 29.0. The van der Waals surface area contributed by atoms with E-state index in [1.54, 1.807) is 6.08 Å². The summed E-state index contributed by atoms with van der Waals surface area (Å²) in [6.45, 7) is 8.97. The number of amides is 1. The molecule has 0 spiro atoms. The van der Waals surface area contributed by atoms with Crippen molar-refractivity contribution in [2.24, 2.45) is 34.5 Å². The highest BCUT2D eigenvalue weighted by Crippen LogP contribution is 2.64. The topological polar surface area (TPSA) is 49.4 Å². The molecule has 2 aromatic carbocycles. The zero-order valence-corrected chi connectivity index (χ0v) is 23.6. The van der Waals surface area contributed by atoms with E-state index >= 15 is 0 Å². The Morgan fingerprint density at radius 1 is 0.974 bits per heavy atom. The van der Waals surface area contributed by atoms with E-state index in [0.717, 1.165) is 56.3 Å². The van der Waals surface area contributed by atoms with Crippen molar-refractivity contribution < 1.29 is 9.59 Å². The van der Waals surface area contributed by atoms with Crippen molar-refractivity contribution in [2.75, 3.05) is 13.1 Å². The molecule has 6 rings (SSSR count). The number of rotatable bonds is 6. The number of likely N-dealkylation sites (tertiary alicyclic amines) is 1. The van der Waals surface area contributed by atoms with E-state index in [1.165, 1.54) is 5.70 Å². The number of nitrogens with one attached hydrogen (secondary N) is 1. The van der Waals surface area contributed by atoms with Gasteiger partial charge in [0.1, 0.15) is 0 Å². The van der Waals surface area contributed by atoms with Crippen molar-refractivity contribution >= 4 is 11.7 Å². The summed E-state index contributed by atoms with van der Waals surface area (Å²) in [6.07, 6.45) is 11.2. The van der Waals surface area contributed by atoms with Gasteiger partial charge in [0.15, 0.2) is 5.78 Å². The molecule has 0 unspecified atom stereocenters. The lowest BCUT2D eigenvalue weighted by Gasteiger charge is -2.59. The van der Waals surface area contributed by atoms with Crippen molar-refractivity contribution in [3.63, 3.8) is 0 Å². The highest BCUT2D eigenvalue weighted by Gasteiger charge is 2.61. The van der Waals surface area contributed by atoms with E-state index in [4.69, 9.17) is 0 Å². The second-order valence-electron chi connectivity index (χ2n) is 12.8. The molecule has 39 heavy (non-hydrogen) atoms. The molecule has 4 nitrogen and oxygen atoms in total.